The van der Waals surface area contributed by atoms with Crippen molar-refractivity contribution >= 4 is 22.2 Å². The lowest BCUT2D eigenvalue weighted by atomic mass is 9.98. The predicted molar refractivity (Wildman–Crippen MR) is 142 cm³/mol. The van der Waals surface area contributed by atoms with Gasteiger partial charge in [0.1, 0.15) is 16.7 Å². The molecule has 1 aliphatic carbocycles. The third-order valence-corrected chi connectivity index (χ3v) is 6.65. The van der Waals surface area contributed by atoms with Crippen LogP contribution < -0.4 is 10.6 Å². The number of rotatable bonds is 9. The van der Waals surface area contributed by atoms with E-state index >= 15 is 0 Å². The van der Waals surface area contributed by atoms with Gasteiger partial charge in [0.15, 0.2) is 0 Å². The molecular weight excluding hydrogens is 508 g/mol. The van der Waals surface area contributed by atoms with E-state index in [-0.39, 0.29) is 29.9 Å². The van der Waals surface area contributed by atoms with Crippen molar-refractivity contribution in [3.05, 3.63) is 89.5 Å². The molecule has 2 N–H and O–H groups in total. The summed E-state index contributed by atoms with van der Waals surface area (Å²) in [6.45, 7) is 5.19. The molecule has 0 bridgehead atoms. The average molecular weight is 540 g/mol. The SMILES string of the molecule is CCOC(=O)CNCCNC(=O)OCC1c2ccccc2-c2ccccc21.Cc1ccc(S(=O)(=O)[O-])cc1. The molecule has 1 aliphatic rings. The third kappa shape index (κ3) is 8.14. The van der Waals surface area contributed by atoms with Crippen LogP contribution in [0.25, 0.3) is 11.1 Å². The van der Waals surface area contributed by atoms with Gasteiger partial charge in [0.25, 0.3) is 0 Å². The first-order chi connectivity index (χ1) is 18.2. The summed E-state index contributed by atoms with van der Waals surface area (Å²) in [5, 5.41) is 5.59. The number of fused-ring (bicyclic) bond motifs is 3. The van der Waals surface area contributed by atoms with Crippen LogP contribution in [-0.2, 0) is 24.4 Å². The molecule has 10 heteroatoms. The second-order valence-electron chi connectivity index (χ2n) is 8.50. The number of esters is 1. The van der Waals surface area contributed by atoms with Gasteiger partial charge in [-0.15, -0.1) is 0 Å². The average Bonchev–Trinajstić information content (AvgIpc) is 3.21. The first-order valence-corrected chi connectivity index (χ1v) is 13.6. The Bertz CT molecular complexity index is 1300. The van der Waals surface area contributed by atoms with E-state index in [1.807, 2.05) is 31.2 Å². The number of alkyl carbamates (subject to hydrolysis) is 1. The number of amides is 1. The molecule has 1 amide bonds. The van der Waals surface area contributed by atoms with Gasteiger partial charge in [-0.1, -0.05) is 66.2 Å². The number of carbonyl (C=O) groups is 2. The minimum Gasteiger partial charge on any atom is -0.744 e. The van der Waals surface area contributed by atoms with Gasteiger partial charge in [-0.2, -0.15) is 0 Å². The van der Waals surface area contributed by atoms with Crippen molar-refractivity contribution < 1.29 is 32.0 Å². The van der Waals surface area contributed by atoms with Gasteiger partial charge in [0.2, 0.25) is 0 Å². The van der Waals surface area contributed by atoms with Crippen molar-refractivity contribution in [1.29, 1.82) is 0 Å². The Hall–Kier alpha value is -3.73. The quantitative estimate of drug-likeness (QED) is 0.239. The first kappa shape index (κ1) is 28.8. The third-order valence-electron chi connectivity index (χ3n) is 5.80. The normalized spacial score (nSPS) is 12.0. The van der Waals surface area contributed by atoms with Crippen LogP contribution in [0.3, 0.4) is 0 Å². The van der Waals surface area contributed by atoms with Gasteiger partial charge in [-0.25, -0.2) is 13.2 Å². The van der Waals surface area contributed by atoms with Gasteiger partial charge < -0.3 is 24.7 Å². The number of carbonyl (C=O) groups excluding carboxylic acids is 2. The van der Waals surface area contributed by atoms with Gasteiger partial charge in [0.05, 0.1) is 18.0 Å². The number of benzene rings is 3. The molecule has 38 heavy (non-hydrogen) atoms. The van der Waals surface area contributed by atoms with E-state index in [0.29, 0.717) is 19.7 Å². The fourth-order valence-corrected chi connectivity index (χ4v) is 4.48. The zero-order valence-electron chi connectivity index (χ0n) is 21.3. The van der Waals surface area contributed by atoms with Crippen molar-refractivity contribution in [1.82, 2.24) is 10.6 Å². The van der Waals surface area contributed by atoms with Crippen molar-refractivity contribution in [3.63, 3.8) is 0 Å². The highest BCUT2D eigenvalue weighted by atomic mass is 32.2. The monoisotopic (exact) mass is 539 g/mol. The lowest BCUT2D eigenvalue weighted by molar-refractivity contribution is -0.141. The van der Waals surface area contributed by atoms with Crippen LogP contribution >= 0.6 is 0 Å². The highest BCUT2D eigenvalue weighted by Crippen LogP contribution is 2.44. The minimum atomic E-state index is -4.27. The van der Waals surface area contributed by atoms with Crippen LogP contribution in [0.1, 0.15) is 29.5 Å². The number of ether oxygens (including phenoxy) is 2. The molecule has 0 aromatic heterocycles. The van der Waals surface area contributed by atoms with Crippen molar-refractivity contribution in [2.45, 2.75) is 24.7 Å². The fraction of sp³-hybridized carbons (Fsp3) is 0.286. The van der Waals surface area contributed by atoms with Crippen molar-refractivity contribution in [3.8, 4) is 11.1 Å². The molecule has 0 radical (unpaired) electrons. The Balaban J connectivity index is 0.000000304. The maximum absolute atomic E-state index is 12.0. The Labute approximate surface area is 222 Å². The van der Waals surface area contributed by atoms with Crippen LogP contribution in [0.2, 0.25) is 0 Å². The highest BCUT2D eigenvalue weighted by molar-refractivity contribution is 7.85. The predicted octanol–water partition coefficient (Wildman–Crippen LogP) is 3.58. The summed E-state index contributed by atoms with van der Waals surface area (Å²) in [6, 6.07) is 22.2. The fourth-order valence-electron chi connectivity index (χ4n) is 4.01. The topological polar surface area (TPSA) is 134 Å². The lowest BCUT2D eigenvalue weighted by Crippen LogP contribution is -2.35. The molecule has 3 aromatic rings. The van der Waals surface area contributed by atoms with E-state index in [0.717, 1.165) is 5.56 Å². The Morgan fingerprint density at radius 2 is 1.45 bits per heavy atom. The molecule has 3 aromatic carbocycles. The van der Waals surface area contributed by atoms with Gasteiger partial charge in [-0.05, 0) is 48.2 Å². The van der Waals surface area contributed by atoms with Crippen molar-refractivity contribution in [2.75, 3.05) is 32.8 Å². The molecular formula is C28H31N2O7S-. The summed E-state index contributed by atoms with van der Waals surface area (Å²) in [6.07, 6.45) is -0.463. The van der Waals surface area contributed by atoms with E-state index in [4.69, 9.17) is 9.47 Å². The molecule has 202 valence electrons. The molecule has 0 saturated carbocycles. The van der Waals surface area contributed by atoms with E-state index in [1.165, 1.54) is 34.4 Å². The first-order valence-electron chi connectivity index (χ1n) is 12.2. The molecule has 0 saturated heterocycles. The van der Waals surface area contributed by atoms with Crippen LogP contribution in [0.15, 0.2) is 77.7 Å². The number of nitrogens with one attached hydrogen (secondary N) is 2. The van der Waals surface area contributed by atoms with Gasteiger partial charge in [-0.3, -0.25) is 4.79 Å². The second kappa shape index (κ2) is 13.7. The van der Waals surface area contributed by atoms with E-state index in [1.54, 1.807) is 19.1 Å². The second-order valence-corrected chi connectivity index (χ2v) is 9.88. The van der Waals surface area contributed by atoms with Gasteiger partial charge in [0, 0.05) is 19.0 Å². The molecule has 9 nitrogen and oxygen atoms in total. The summed E-state index contributed by atoms with van der Waals surface area (Å²) >= 11 is 0. The van der Waals surface area contributed by atoms with Gasteiger partial charge >= 0.3 is 12.1 Å². The largest absolute Gasteiger partial charge is 0.744 e. The van der Waals surface area contributed by atoms with Crippen LogP contribution in [0.4, 0.5) is 4.79 Å². The van der Waals surface area contributed by atoms with E-state index in [2.05, 4.69) is 34.9 Å². The van der Waals surface area contributed by atoms with Crippen LogP contribution in [0, 0.1) is 6.92 Å². The Morgan fingerprint density at radius 3 is 2.00 bits per heavy atom. The molecule has 0 spiro atoms. The zero-order valence-corrected chi connectivity index (χ0v) is 22.1. The minimum absolute atomic E-state index is 0.0464. The molecule has 0 atom stereocenters. The Morgan fingerprint density at radius 1 is 0.868 bits per heavy atom. The van der Waals surface area contributed by atoms with E-state index in [9.17, 15) is 22.6 Å². The van der Waals surface area contributed by atoms with Crippen molar-refractivity contribution in [2.24, 2.45) is 0 Å². The zero-order chi connectivity index (χ0) is 27.5. The number of hydrogen-bond donors (Lipinski definition) is 2. The molecule has 4 rings (SSSR count). The molecule has 0 aliphatic heterocycles. The van der Waals surface area contributed by atoms with Crippen LogP contribution in [0.5, 0.6) is 0 Å². The summed E-state index contributed by atoms with van der Waals surface area (Å²) in [7, 11) is -4.27. The Kier molecular flexibility index (Phi) is 10.4. The standard InChI is InChI=1S/C21H24N2O4.C7H8O3S/c1-2-26-20(24)13-22-11-12-23-21(25)27-14-19-17-9-5-3-7-15(17)16-8-4-6-10-18(16)19;1-6-2-4-7(5-3-6)11(8,9)10/h3-10,19,22H,2,11-14H2,1H3,(H,23,25);2-5H,1H3,(H,8,9,10)/p-1. The summed E-state index contributed by atoms with van der Waals surface area (Å²) in [5.41, 5.74) is 5.69. The van der Waals surface area contributed by atoms with E-state index < -0.39 is 16.2 Å². The van der Waals surface area contributed by atoms with Crippen LogP contribution in [-0.4, -0.2) is 57.9 Å². The highest BCUT2D eigenvalue weighted by Gasteiger charge is 2.28. The molecule has 0 heterocycles. The maximum atomic E-state index is 12.0. The maximum Gasteiger partial charge on any atom is 0.407 e. The summed E-state index contributed by atoms with van der Waals surface area (Å²) < 4.78 is 41.4. The smallest absolute Gasteiger partial charge is 0.407 e. The molecule has 0 fully saturated rings. The number of hydrogen-bond acceptors (Lipinski definition) is 8. The summed E-state index contributed by atoms with van der Waals surface area (Å²) in [4.78, 5) is 23.0. The number of aryl methyl sites for hydroxylation is 1. The lowest BCUT2D eigenvalue weighted by Gasteiger charge is -2.14. The molecule has 0 unspecified atom stereocenters. The summed E-state index contributed by atoms with van der Waals surface area (Å²) in [5.74, 6) is -0.260.